The zero-order chi connectivity index (χ0) is 19.4. The van der Waals surface area contributed by atoms with Gasteiger partial charge in [0.25, 0.3) is 5.56 Å². The van der Waals surface area contributed by atoms with Crippen LogP contribution in [-0.4, -0.2) is 25.7 Å². The molecule has 140 valence electrons. The van der Waals surface area contributed by atoms with Gasteiger partial charge in [-0.05, 0) is 37.6 Å². The third-order valence-electron chi connectivity index (χ3n) is 3.90. The van der Waals surface area contributed by atoms with Crippen molar-refractivity contribution in [1.82, 2.24) is 14.5 Å². The summed E-state index contributed by atoms with van der Waals surface area (Å²) in [5.74, 6) is 0.203. The van der Waals surface area contributed by atoms with Crippen molar-refractivity contribution in [3.8, 4) is 0 Å². The largest absolute Gasteiger partial charge is 0.310 e. The maximum atomic E-state index is 12.8. The molecule has 2 heterocycles. The van der Waals surface area contributed by atoms with Crippen molar-refractivity contribution >= 4 is 46.0 Å². The number of nitrogens with one attached hydrogen (secondary N) is 1. The van der Waals surface area contributed by atoms with Gasteiger partial charge in [-0.2, -0.15) is 0 Å². The van der Waals surface area contributed by atoms with E-state index in [1.807, 2.05) is 19.1 Å². The summed E-state index contributed by atoms with van der Waals surface area (Å²) in [7, 11) is 0. The number of hydrogen-bond donors (Lipinski definition) is 1. The van der Waals surface area contributed by atoms with Crippen LogP contribution in [0, 0.1) is 0 Å². The van der Waals surface area contributed by atoms with Gasteiger partial charge in [0.2, 0.25) is 5.91 Å². The molecule has 2 aromatic heterocycles. The number of para-hydroxylation sites is 1. The standard InChI is InChI=1S/C19H19ClN4O2S/c1-3-10-24-18(26)14-6-4-5-7-15(14)22-19(24)27-12(2)17(25)23-16-9-8-13(20)11-21-16/h4-9,11-12H,3,10H2,1-2H3,(H,21,23,25)/t12-/m1/s1. The molecule has 0 spiro atoms. The van der Waals surface area contributed by atoms with Crippen LogP contribution < -0.4 is 10.9 Å². The minimum Gasteiger partial charge on any atom is -0.310 e. The van der Waals surface area contributed by atoms with Crippen molar-refractivity contribution in [2.45, 2.75) is 37.2 Å². The smallest absolute Gasteiger partial charge is 0.262 e. The maximum Gasteiger partial charge on any atom is 0.262 e. The second kappa shape index (κ2) is 8.54. The van der Waals surface area contributed by atoms with Gasteiger partial charge < -0.3 is 5.32 Å². The third-order valence-corrected chi connectivity index (χ3v) is 5.22. The fourth-order valence-electron chi connectivity index (χ4n) is 2.55. The van der Waals surface area contributed by atoms with Crippen LogP contribution >= 0.6 is 23.4 Å². The summed E-state index contributed by atoms with van der Waals surface area (Å²) in [5, 5.41) is 3.90. The van der Waals surface area contributed by atoms with Crippen molar-refractivity contribution in [3.05, 3.63) is 58.0 Å². The Morgan fingerprint density at radius 3 is 2.78 bits per heavy atom. The minimum absolute atomic E-state index is 0.0862. The number of nitrogens with zero attached hydrogens (tertiary/aromatic N) is 3. The number of halogens is 1. The van der Waals surface area contributed by atoms with E-state index in [2.05, 4.69) is 15.3 Å². The summed E-state index contributed by atoms with van der Waals surface area (Å²) in [6.45, 7) is 4.32. The number of amides is 1. The zero-order valence-corrected chi connectivity index (χ0v) is 16.5. The van der Waals surface area contributed by atoms with Gasteiger partial charge in [0, 0.05) is 12.7 Å². The second-order valence-corrected chi connectivity index (χ2v) is 7.72. The molecule has 1 aromatic carbocycles. The Kier molecular flexibility index (Phi) is 6.13. The number of aromatic nitrogens is 3. The van der Waals surface area contributed by atoms with Gasteiger partial charge in [0.15, 0.2) is 5.16 Å². The quantitative estimate of drug-likeness (QED) is 0.498. The monoisotopic (exact) mass is 402 g/mol. The number of anilines is 1. The van der Waals surface area contributed by atoms with Crippen LogP contribution in [0.3, 0.4) is 0 Å². The van der Waals surface area contributed by atoms with Crippen LogP contribution in [0.2, 0.25) is 5.02 Å². The lowest BCUT2D eigenvalue weighted by molar-refractivity contribution is -0.115. The van der Waals surface area contributed by atoms with E-state index >= 15 is 0 Å². The Morgan fingerprint density at radius 1 is 1.30 bits per heavy atom. The van der Waals surface area contributed by atoms with Crippen molar-refractivity contribution < 1.29 is 4.79 Å². The number of benzene rings is 1. The maximum absolute atomic E-state index is 12.8. The zero-order valence-electron chi connectivity index (χ0n) is 15.0. The van der Waals surface area contributed by atoms with Gasteiger partial charge in [-0.15, -0.1) is 0 Å². The first-order valence-electron chi connectivity index (χ1n) is 8.58. The average molecular weight is 403 g/mol. The van der Waals surface area contributed by atoms with E-state index in [4.69, 9.17) is 11.6 Å². The van der Waals surface area contributed by atoms with E-state index < -0.39 is 5.25 Å². The van der Waals surface area contributed by atoms with Gasteiger partial charge in [-0.1, -0.05) is 42.4 Å². The highest BCUT2D eigenvalue weighted by Gasteiger charge is 2.19. The number of carbonyl (C=O) groups excluding carboxylic acids is 1. The number of pyridine rings is 1. The van der Waals surface area contributed by atoms with E-state index in [0.717, 1.165) is 6.42 Å². The Bertz CT molecular complexity index is 1020. The molecule has 0 aliphatic heterocycles. The molecule has 0 aliphatic rings. The number of thioether (sulfide) groups is 1. The van der Waals surface area contributed by atoms with E-state index in [9.17, 15) is 9.59 Å². The molecule has 8 heteroatoms. The van der Waals surface area contributed by atoms with Gasteiger partial charge >= 0.3 is 0 Å². The first kappa shape index (κ1) is 19.4. The molecule has 27 heavy (non-hydrogen) atoms. The van der Waals surface area contributed by atoms with Crippen LogP contribution in [0.4, 0.5) is 5.82 Å². The number of carbonyl (C=O) groups is 1. The molecule has 0 unspecified atom stereocenters. The minimum atomic E-state index is -0.460. The van der Waals surface area contributed by atoms with Crippen molar-refractivity contribution in [2.24, 2.45) is 0 Å². The third kappa shape index (κ3) is 4.48. The second-order valence-electron chi connectivity index (χ2n) is 5.98. The average Bonchev–Trinajstić information content (AvgIpc) is 2.66. The van der Waals surface area contributed by atoms with Crippen LogP contribution in [0.15, 0.2) is 52.5 Å². The number of hydrogen-bond acceptors (Lipinski definition) is 5. The predicted molar refractivity (Wildman–Crippen MR) is 109 cm³/mol. The Labute approximate surface area is 166 Å². The molecule has 6 nitrogen and oxygen atoms in total. The Morgan fingerprint density at radius 2 is 2.07 bits per heavy atom. The topological polar surface area (TPSA) is 76.9 Å². The molecule has 1 N–H and O–H groups in total. The fourth-order valence-corrected chi connectivity index (χ4v) is 3.59. The predicted octanol–water partition coefficient (Wildman–Crippen LogP) is 3.97. The molecule has 0 fully saturated rings. The van der Waals surface area contributed by atoms with Crippen molar-refractivity contribution in [2.75, 3.05) is 5.32 Å². The summed E-state index contributed by atoms with van der Waals surface area (Å²) in [6, 6.07) is 10.5. The molecule has 3 rings (SSSR count). The molecule has 1 atom stereocenters. The Balaban J connectivity index is 1.85. The summed E-state index contributed by atoms with van der Waals surface area (Å²) >= 11 is 7.06. The molecule has 0 bridgehead atoms. The molecular formula is C19H19ClN4O2S. The molecule has 3 aromatic rings. The van der Waals surface area contributed by atoms with Crippen molar-refractivity contribution in [3.63, 3.8) is 0 Å². The lowest BCUT2D eigenvalue weighted by Crippen LogP contribution is -2.27. The highest BCUT2D eigenvalue weighted by Crippen LogP contribution is 2.23. The van der Waals surface area contributed by atoms with Crippen LogP contribution in [0.25, 0.3) is 10.9 Å². The molecular weight excluding hydrogens is 384 g/mol. The molecule has 0 saturated heterocycles. The van der Waals surface area contributed by atoms with Crippen molar-refractivity contribution in [1.29, 1.82) is 0 Å². The lowest BCUT2D eigenvalue weighted by atomic mass is 10.2. The summed E-state index contributed by atoms with van der Waals surface area (Å²) < 4.78 is 1.64. The van der Waals surface area contributed by atoms with E-state index in [1.54, 1.807) is 35.8 Å². The highest BCUT2D eigenvalue weighted by atomic mass is 35.5. The summed E-state index contributed by atoms with van der Waals surface area (Å²) in [6.07, 6.45) is 2.27. The highest BCUT2D eigenvalue weighted by molar-refractivity contribution is 8.00. The lowest BCUT2D eigenvalue weighted by Gasteiger charge is -2.15. The van der Waals surface area contributed by atoms with Gasteiger partial charge in [-0.25, -0.2) is 9.97 Å². The SMILES string of the molecule is CCCn1c(S[C@H](C)C(=O)Nc2ccc(Cl)cn2)nc2ccccc2c1=O. The first-order valence-corrected chi connectivity index (χ1v) is 9.84. The van der Waals surface area contributed by atoms with E-state index in [1.165, 1.54) is 18.0 Å². The molecule has 0 radical (unpaired) electrons. The normalized spacial score (nSPS) is 12.1. The van der Waals surface area contributed by atoms with Crippen LogP contribution in [0.5, 0.6) is 0 Å². The molecule has 0 aliphatic carbocycles. The van der Waals surface area contributed by atoms with Crippen LogP contribution in [0.1, 0.15) is 20.3 Å². The van der Waals surface area contributed by atoms with Gasteiger partial charge in [0.1, 0.15) is 5.82 Å². The number of rotatable bonds is 6. The van der Waals surface area contributed by atoms with Gasteiger partial charge in [-0.3, -0.25) is 14.2 Å². The first-order chi connectivity index (χ1) is 13.0. The van der Waals surface area contributed by atoms with Crippen LogP contribution in [-0.2, 0) is 11.3 Å². The molecule has 1 amide bonds. The Hall–Kier alpha value is -2.38. The fraction of sp³-hybridized carbons (Fsp3) is 0.263. The van der Waals surface area contributed by atoms with E-state index in [-0.39, 0.29) is 11.5 Å². The summed E-state index contributed by atoms with van der Waals surface area (Å²) in [5.41, 5.74) is 0.543. The van der Waals surface area contributed by atoms with Gasteiger partial charge in [0.05, 0.1) is 21.2 Å². The summed E-state index contributed by atoms with van der Waals surface area (Å²) in [4.78, 5) is 34.0. The number of fused-ring (bicyclic) bond motifs is 1. The van der Waals surface area contributed by atoms with E-state index in [0.29, 0.717) is 33.4 Å². The molecule has 0 saturated carbocycles.